The third-order valence-electron chi connectivity index (χ3n) is 0.903. The largest absolute Gasteiger partial charge is 0.510 e. The molecule has 11 heavy (non-hydrogen) atoms. The molecule has 0 aliphatic carbocycles. The van der Waals surface area contributed by atoms with E-state index in [4.69, 9.17) is 5.11 Å². The van der Waals surface area contributed by atoms with Crippen LogP contribution >= 0.6 is 0 Å². The first-order valence-electron chi connectivity index (χ1n) is 3.03. The van der Waals surface area contributed by atoms with Gasteiger partial charge in [0.15, 0.2) is 0 Å². The molecule has 0 aromatic carbocycles. The molecule has 0 amide bonds. The Morgan fingerprint density at radius 1 is 1.64 bits per heavy atom. The van der Waals surface area contributed by atoms with E-state index >= 15 is 0 Å². The monoisotopic (exact) mass is 159 g/mol. The minimum absolute atomic E-state index is 0.144. The van der Waals surface area contributed by atoms with Crippen molar-refractivity contribution in [3.63, 3.8) is 0 Å². The lowest BCUT2D eigenvalue weighted by atomic mass is 10.4. The van der Waals surface area contributed by atoms with E-state index in [1.165, 1.54) is 6.92 Å². The summed E-state index contributed by atoms with van der Waals surface area (Å²) in [6.45, 7) is 2.92. The average Bonchev–Trinajstić information content (AvgIpc) is 1.88. The van der Waals surface area contributed by atoms with E-state index in [2.05, 4.69) is 9.91 Å². The summed E-state index contributed by atoms with van der Waals surface area (Å²) in [4.78, 5) is 20.6. The number of rotatable bonds is 3. The summed E-state index contributed by atoms with van der Waals surface area (Å²) in [5.74, 6) is -1.33. The van der Waals surface area contributed by atoms with Gasteiger partial charge in [0, 0.05) is 0 Å². The van der Waals surface area contributed by atoms with Gasteiger partial charge in [0.05, 0.1) is 6.61 Å². The maximum atomic E-state index is 10.7. The van der Waals surface area contributed by atoms with Gasteiger partial charge in [-0.25, -0.2) is 4.79 Å². The number of ether oxygens (including phenoxy) is 1. The molecule has 0 rings (SSSR count). The molecule has 0 aliphatic rings. The molecule has 0 aliphatic heterocycles. The highest BCUT2D eigenvalue weighted by atomic mass is 16.5. The molecule has 0 saturated carbocycles. The standard InChI is InChI=1S/C6H9NO4/c1-3-11-6(9)5(7-10)4(2)8/h8H,3H2,1-2H3/b5-4-. The molecule has 5 nitrogen and oxygen atoms in total. The predicted octanol–water partition coefficient (Wildman–Crippen LogP) is 1.11. The van der Waals surface area contributed by atoms with Crippen molar-refractivity contribution >= 4 is 5.97 Å². The molecule has 0 heterocycles. The fourth-order valence-corrected chi connectivity index (χ4v) is 0.450. The zero-order chi connectivity index (χ0) is 8.85. The van der Waals surface area contributed by atoms with Gasteiger partial charge in [0.1, 0.15) is 5.76 Å². The van der Waals surface area contributed by atoms with Crippen molar-refractivity contribution in [1.82, 2.24) is 0 Å². The van der Waals surface area contributed by atoms with Crippen LogP contribution in [0.1, 0.15) is 13.8 Å². The van der Waals surface area contributed by atoms with Crippen molar-refractivity contribution in [3.05, 3.63) is 16.4 Å². The van der Waals surface area contributed by atoms with E-state index < -0.39 is 17.4 Å². The second-order valence-corrected chi connectivity index (χ2v) is 1.75. The number of carbonyl (C=O) groups excluding carboxylic acids is 1. The number of allylic oxidation sites excluding steroid dienone is 1. The Balaban J connectivity index is 4.40. The molecule has 62 valence electrons. The minimum Gasteiger partial charge on any atom is -0.510 e. The van der Waals surface area contributed by atoms with E-state index in [0.29, 0.717) is 0 Å². The van der Waals surface area contributed by atoms with Crippen LogP contribution in [0.15, 0.2) is 16.6 Å². The molecule has 0 atom stereocenters. The summed E-state index contributed by atoms with van der Waals surface area (Å²) in [5.41, 5.74) is -0.577. The van der Waals surface area contributed by atoms with Gasteiger partial charge < -0.3 is 9.84 Å². The summed E-state index contributed by atoms with van der Waals surface area (Å²) in [7, 11) is 0. The Kier molecular flexibility index (Phi) is 3.87. The van der Waals surface area contributed by atoms with Gasteiger partial charge in [-0.2, -0.15) is 0 Å². The first-order valence-corrected chi connectivity index (χ1v) is 3.03. The molecule has 0 bridgehead atoms. The van der Waals surface area contributed by atoms with Gasteiger partial charge in [-0.1, -0.05) is 0 Å². The maximum absolute atomic E-state index is 10.7. The lowest BCUT2D eigenvalue weighted by Gasteiger charge is -1.98. The highest BCUT2D eigenvalue weighted by Gasteiger charge is 2.14. The fourth-order valence-electron chi connectivity index (χ4n) is 0.450. The average molecular weight is 159 g/mol. The molecule has 5 heteroatoms. The van der Waals surface area contributed by atoms with Crippen LogP contribution in [0.2, 0.25) is 0 Å². The zero-order valence-corrected chi connectivity index (χ0v) is 6.33. The van der Waals surface area contributed by atoms with Crippen molar-refractivity contribution in [2.45, 2.75) is 13.8 Å². The topological polar surface area (TPSA) is 76.0 Å². The van der Waals surface area contributed by atoms with Crippen LogP contribution in [-0.4, -0.2) is 17.7 Å². The summed E-state index contributed by atoms with van der Waals surface area (Å²) in [6.07, 6.45) is 0. The van der Waals surface area contributed by atoms with Crippen molar-refractivity contribution in [2.24, 2.45) is 5.18 Å². The first kappa shape index (κ1) is 9.61. The first-order chi connectivity index (χ1) is 5.13. The normalized spacial score (nSPS) is 11.8. The lowest BCUT2D eigenvalue weighted by molar-refractivity contribution is -0.138. The van der Waals surface area contributed by atoms with Crippen LogP contribution < -0.4 is 0 Å². The van der Waals surface area contributed by atoms with Crippen LogP contribution in [0.25, 0.3) is 0 Å². The van der Waals surface area contributed by atoms with Crippen LogP contribution in [0.3, 0.4) is 0 Å². The molecule has 0 radical (unpaired) electrons. The van der Waals surface area contributed by atoms with Crippen LogP contribution in [0, 0.1) is 4.91 Å². The van der Waals surface area contributed by atoms with Gasteiger partial charge in [-0.15, -0.1) is 4.91 Å². The quantitative estimate of drug-likeness (QED) is 0.289. The van der Waals surface area contributed by atoms with Crippen molar-refractivity contribution < 1.29 is 14.6 Å². The van der Waals surface area contributed by atoms with Gasteiger partial charge in [0.25, 0.3) is 0 Å². The van der Waals surface area contributed by atoms with E-state index in [1.54, 1.807) is 6.92 Å². The third-order valence-corrected chi connectivity index (χ3v) is 0.903. The zero-order valence-electron chi connectivity index (χ0n) is 6.33. The number of esters is 1. The second kappa shape index (κ2) is 4.43. The summed E-state index contributed by atoms with van der Waals surface area (Å²) >= 11 is 0. The number of hydrogen-bond donors (Lipinski definition) is 1. The number of nitroso groups, excluding NO2 is 1. The van der Waals surface area contributed by atoms with Crippen molar-refractivity contribution in [1.29, 1.82) is 0 Å². The van der Waals surface area contributed by atoms with Gasteiger partial charge in [-0.05, 0) is 19.0 Å². The molecule has 0 fully saturated rings. The van der Waals surface area contributed by atoms with E-state index in [-0.39, 0.29) is 6.61 Å². The fraction of sp³-hybridized carbons (Fsp3) is 0.500. The number of hydrogen-bond acceptors (Lipinski definition) is 5. The van der Waals surface area contributed by atoms with E-state index in [9.17, 15) is 9.70 Å². The Morgan fingerprint density at radius 3 is 2.45 bits per heavy atom. The Labute approximate surface area is 63.6 Å². The van der Waals surface area contributed by atoms with Crippen LogP contribution in [-0.2, 0) is 9.53 Å². The lowest BCUT2D eigenvalue weighted by Crippen LogP contribution is -2.07. The molecule has 0 unspecified atom stereocenters. The number of aliphatic hydroxyl groups excluding tert-OH is 1. The molecular formula is C6H9NO4. The van der Waals surface area contributed by atoms with Crippen molar-refractivity contribution in [2.75, 3.05) is 6.61 Å². The van der Waals surface area contributed by atoms with Crippen molar-refractivity contribution in [3.8, 4) is 0 Å². The second-order valence-electron chi connectivity index (χ2n) is 1.75. The minimum atomic E-state index is -0.900. The Morgan fingerprint density at radius 2 is 2.18 bits per heavy atom. The predicted molar refractivity (Wildman–Crippen MR) is 37.8 cm³/mol. The maximum Gasteiger partial charge on any atom is 0.364 e. The van der Waals surface area contributed by atoms with Gasteiger partial charge >= 0.3 is 5.97 Å². The summed E-state index contributed by atoms with van der Waals surface area (Å²) < 4.78 is 4.41. The smallest absolute Gasteiger partial charge is 0.364 e. The molecule has 0 aromatic heterocycles. The molecule has 1 N–H and O–H groups in total. The third kappa shape index (κ3) is 2.79. The van der Waals surface area contributed by atoms with E-state index in [0.717, 1.165) is 0 Å². The molecular weight excluding hydrogens is 150 g/mol. The van der Waals surface area contributed by atoms with Crippen LogP contribution in [0.4, 0.5) is 0 Å². The van der Waals surface area contributed by atoms with E-state index in [1.807, 2.05) is 0 Å². The summed E-state index contributed by atoms with van der Waals surface area (Å²) in [6, 6.07) is 0. The molecule has 0 spiro atoms. The highest BCUT2D eigenvalue weighted by molar-refractivity contribution is 5.88. The number of carbonyl (C=O) groups is 1. The Bertz CT molecular complexity index is 193. The van der Waals surface area contributed by atoms with Gasteiger partial charge in [-0.3, -0.25) is 0 Å². The molecule has 0 aromatic rings. The number of aliphatic hydroxyl groups is 1. The van der Waals surface area contributed by atoms with Crippen LogP contribution in [0.5, 0.6) is 0 Å². The van der Waals surface area contributed by atoms with Gasteiger partial charge in [0.2, 0.25) is 5.70 Å². The Hall–Kier alpha value is -1.39. The summed E-state index contributed by atoms with van der Waals surface area (Å²) in [5, 5.41) is 11.0. The highest BCUT2D eigenvalue weighted by Crippen LogP contribution is 2.04. The SMILES string of the molecule is CCOC(=O)/C(N=O)=C(\C)O. The molecule has 0 saturated heterocycles. The number of nitrogens with zero attached hydrogens (tertiary/aromatic N) is 1.